The molecule has 1 atom stereocenters. The Morgan fingerprint density at radius 2 is 1.48 bits per heavy atom. The zero-order valence-electron chi connectivity index (χ0n) is 13.6. The van der Waals surface area contributed by atoms with Crippen molar-refractivity contribution in [1.82, 2.24) is 15.0 Å². The zero-order valence-corrected chi connectivity index (χ0v) is 13.6. The van der Waals surface area contributed by atoms with Crippen LogP contribution in [0.4, 0.5) is 0 Å². The highest BCUT2D eigenvalue weighted by molar-refractivity contribution is 5.96. The monoisotopic (exact) mass is 327 g/mol. The maximum Gasteiger partial charge on any atom is 0.165 e. The smallest absolute Gasteiger partial charge is 0.165 e. The highest BCUT2D eigenvalue weighted by Gasteiger charge is 2.21. The van der Waals surface area contributed by atoms with Gasteiger partial charge in [-0.25, -0.2) is 4.68 Å². The lowest BCUT2D eigenvalue weighted by Gasteiger charge is -2.18. The fourth-order valence-corrected chi connectivity index (χ4v) is 3.06. The maximum absolute atomic E-state index is 12.8. The fourth-order valence-electron chi connectivity index (χ4n) is 3.06. The van der Waals surface area contributed by atoms with Gasteiger partial charge >= 0.3 is 0 Å². The van der Waals surface area contributed by atoms with Crippen molar-refractivity contribution < 1.29 is 4.79 Å². The molecule has 0 aliphatic carbocycles. The minimum Gasteiger partial charge on any atom is -0.294 e. The van der Waals surface area contributed by atoms with Crippen LogP contribution in [-0.4, -0.2) is 20.8 Å². The van der Waals surface area contributed by atoms with Gasteiger partial charge in [-0.15, -0.1) is 5.10 Å². The molecule has 4 nitrogen and oxygen atoms in total. The van der Waals surface area contributed by atoms with Gasteiger partial charge < -0.3 is 0 Å². The van der Waals surface area contributed by atoms with Crippen LogP contribution >= 0.6 is 0 Å². The predicted molar refractivity (Wildman–Crippen MR) is 97.5 cm³/mol. The van der Waals surface area contributed by atoms with Crippen LogP contribution in [0.5, 0.6) is 0 Å². The van der Waals surface area contributed by atoms with Crippen LogP contribution in [0.25, 0.3) is 11.0 Å². The van der Waals surface area contributed by atoms with Gasteiger partial charge in [0.05, 0.1) is 11.6 Å². The number of rotatable bonds is 5. The van der Waals surface area contributed by atoms with Crippen molar-refractivity contribution in [1.29, 1.82) is 0 Å². The highest BCUT2D eigenvalue weighted by Crippen LogP contribution is 2.26. The molecule has 3 aromatic carbocycles. The minimum atomic E-state index is -0.193. The SMILES string of the molecule is O=C(C[C@H](c1ccccc1)n1nnc2ccccc21)c1ccccc1. The van der Waals surface area contributed by atoms with Crippen LogP contribution in [0.3, 0.4) is 0 Å². The molecular weight excluding hydrogens is 310 g/mol. The number of Topliss-reactive ketones (excluding diaryl/α,β-unsaturated/α-hetero) is 1. The van der Waals surface area contributed by atoms with E-state index in [-0.39, 0.29) is 11.8 Å². The fraction of sp³-hybridized carbons (Fsp3) is 0.0952. The van der Waals surface area contributed by atoms with E-state index in [4.69, 9.17) is 0 Å². The molecule has 122 valence electrons. The van der Waals surface area contributed by atoms with Crippen molar-refractivity contribution in [2.24, 2.45) is 0 Å². The summed E-state index contributed by atoms with van der Waals surface area (Å²) >= 11 is 0. The number of para-hydroxylation sites is 1. The second-order valence-corrected chi connectivity index (χ2v) is 5.94. The van der Waals surface area contributed by atoms with Crippen LogP contribution in [-0.2, 0) is 0 Å². The molecule has 0 bridgehead atoms. The Labute approximate surface area is 145 Å². The van der Waals surface area contributed by atoms with Crippen LogP contribution in [0, 0.1) is 0 Å². The molecule has 25 heavy (non-hydrogen) atoms. The van der Waals surface area contributed by atoms with E-state index in [1.54, 1.807) is 0 Å². The lowest BCUT2D eigenvalue weighted by atomic mass is 9.98. The topological polar surface area (TPSA) is 47.8 Å². The second kappa shape index (κ2) is 6.69. The third kappa shape index (κ3) is 3.06. The van der Waals surface area contributed by atoms with Crippen molar-refractivity contribution in [3.05, 3.63) is 96.1 Å². The van der Waals surface area contributed by atoms with E-state index in [9.17, 15) is 4.79 Å². The van der Waals surface area contributed by atoms with Gasteiger partial charge in [0.1, 0.15) is 5.52 Å². The Balaban J connectivity index is 1.76. The molecule has 0 unspecified atom stereocenters. The van der Waals surface area contributed by atoms with E-state index in [1.165, 1.54) is 0 Å². The molecule has 0 aliphatic rings. The summed E-state index contributed by atoms with van der Waals surface area (Å²) < 4.78 is 1.85. The lowest BCUT2D eigenvalue weighted by molar-refractivity contribution is 0.0968. The van der Waals surface area contributed by atoms with E-state index in [0.29, 0.717) is 12.0 Å². The van der Waals surface area contributed by atoms with Crippen molar-refractivity contribution in [2.75, 3.05) is 0 Å². The molecule has 0 N–H and O–H groups in total. The Morgan fingerprint density at radius 3 is 2.24 bits per heavy atom. The third-order valence-electron chi connectivity index (χ3n) is 4.33. The minimum absolute atomic E-state index is 0.0917. The Hall–Kier alpha value is -3.27. The van der Waals surface area contributed by atoms with Crippen LogP contribution in [0.2, 0.25) is 0 Å². The molecule has 0 amide bonds. The molecule has 1 heterocycles. The van der Waals surface area contributed by atoms with Crippen molar-refractivity contribution in [3.8, 4) is 0 Å². The second-order valence-electron chi connectivity index (χ2n) is 5.94. The summed E-state index contributed by atoms with van der Waals surface area (Å²) in [6.45, 7) is 0. The summed E-state index contributed by atoms with van der Waals surface area (Å²) in [6, 6.07) is 27.0. The van der Waals surface area contributed by atoms with Gasteiger partial charge in [0.25, 0.3) is 0 Å². The summed E-state index contributed by atoms with van der Waals surface area (Å²) in [5.41, 5.74) is 3.52. The number of carbonyl (C=O) groups is 1. The number of benzene rings is 3. The van der Waals surface area contributed by atoms with Crippen molar-refractivity contribution in [2.45, 2.75) is 12.5 Å². The largest absolute Gasteiger partial charge is 0.294 e. The summed E-state index contributed by atoms with van der Waals surface area (Å²) in [6.07, 6.45) is 0.335. The Kier molecular flexibility index (Phi) is 4.09. The average Bonchev–Trinajstić information content (AvgIpc) is 3.11. The first-order valence-corrected chi connectivity index (χ1v) is 8.26. The van der Waals surface area contributed by atoms with Gasteiger partial charge in [-0.05, 0) is 17.7 Å². The van der Waals surface area contributed by atoms with Gasteiger partial charge in [-0.3, -0.25) is 4.79 Å². The standard InChI is InChI=1S/C21H17N3O/c25-21(17-11-5-2-6-12-17)15-20(16-9-3-1-4-10-16)24-19-14-8-7-13-18(19)22-23-24/h1-14,20H,15H2/t20-/m1/s1. The molecule has 1 aromatic heterocycles. The normalized spacial score (nSPS) is 12.2. The first kappa shape index (κ1) is 15.3. The first-order chi connectivity index (χ1) is 12.3. The van der Waals surface area contributed by atoms with Crippen LogP contribution in [0.1, 0.15) is 28.4 Å². The van der Waals surface area contributed by atoms with E-state index in [0.717, 1.165) is 16.6 Å². The molecule has 0 radical (unpaired) electrons. The van der Waals surface area contributed by atoms with Gasteiger partial charge in [0, 0.05) is 12.0 Å². The summed E-state index contributed by atoms with van der Waals surface area (Å²) in [7, 11) is 0. The number of carbonyl (C=O) groups excluding carboxylic acids is 1. The van der Waals surface area contributed by atoms with Crippen molar-refractivity contribution >= 4 is 16.8 Å². The van der Waals surface area contributed by atoms with Crippen molar-refractivity contribution in [3.63, 3.8) is 0 Å². The Bertz CT molecular complexity index is 993. The summed E-state index contributed by atoms with van der Waals surface area (Å²) in [5.74, 6) is 0.0917. The van der Waals surface area contributed by atoms with Gasteiger partial charge in [0.15, 0.2) is 5.78 Å². The molecule has 4 heteroatoms. The Morgan fingerprint density at radius 1 is 0.840 bits per heavy atom. The summed E-state index contributed by atoms with van der Waals surface area (Å²) in [5, 5.41) is 8.58. The average molecular weight is 327 g/mol. The highest BCUT2D eigenvalue weighted by atomic mass is 16.1. The number of fused-ring (bicyclic) bond motifs is 1. The molecule has 4 aromatic rings. The van der Waals surface area contributed by atoms with Gasteiger partial charge in [0.2, 0.25) is 0 Å². The van der Waals surface area contributed by atoms with Crippen LogP contribution < -0.4 is 0 Å². The quantitative estimate of drug-likeness (QED) is 0.514. The van der Waals surface area contributed by atoms with E-state index >= 15 is 0 Å². The number of hydrogen-bond acceptors (Lipinski definition) is 3. The zero-order chi connectivity index (χ0) is 17.1. The maximum atomic E-state index is 12.8. The number of nitrogens with zero attached hydrogens (tertiary/aromatic N) is 3. The van der Waals surface area contributed by atoms with E-state index < -0.39 is 0 Å². The molecule has 0 spiro atoms. The lowest BCUT2D eigenvalue weighted by Crippen LogP contribution is -2.17. The predicted octanol–water partition coefficient (Wildman–Crippen LogP) is 4.29. The number of ketones is 1. The molecule has 4 rings (SSSR count). The summed E-state index contributed by atoms with van der Waals surface area (Å²) in [4.78, 5) is 12.8. The van der Waals surface area contributed by atoms with Gasteiger partial charge in [-0.1, -0.05) is 78.0 Å². The first-order valence-electron chi connectivity index (χ1n) is 8.26. The molecule has 0 aliphatic heterocycles. The van der Waals surface area contributed by atoms with E-state index in [2.05, 4.69) is 10.3 Å². The third-order valence-corrected chi connectivity index (χ3v) is 4.33. The number of hydrogen-bond donors (Lipinski definition) is 0. The molecule has 0 saturated heterocycles. The molecule has 0 saturated carbocycles. The number of aromatic nitrogens is 3. The molecule has 0 fully saturated rings. The van der Waals surface area contributed by atoms with E-state index in [1.807, 2.05) is 89.6 Å². The van der Waals surface area contributed by atoms with Crippen LogP contribution in [0.15, 0.2) is 84.9 Å². The molecular formula is C21H17N3O. The van der Waals surface area contributed by atoms with Gasteiger partial charge in [-0.2, -0.15) is 0 Å².